The molecule has 0 spiro atoms. The molecule has 0 bridgehead atoms. The van der Waals surface area contributed by atoms with Gasteiger partial charge in [-0.3, -0.25) is 0 Å². The zero-order valence-corrected chi connectivity index (χ0v) is 21.9. The van der Waals surface area contributed by atoms with Gasteiger partial charge in [0.15, 0.2) is 5.25 Å². The predicted molar refractivity (Wildman–Crippen MR) is 135 cm³/mol. The summed E-state index contributed by atoms with van der Waals surface area (Å²) in [4.78, 5) is 0. The van der Waals surface area contributed by atoms with Crippen LogP contribution in [0.3, 0.4) is 0 Å². The summed E-state index contributed by atoms with van der Waals surface area (Å²) >= 11 is 0. The van der Waals surface area contributed by atoms with Crippen LogP contribution in [-0.4, -0.2) is 31.1 Å². The van der Waals surface area contributed by atoms with Crippen molar-refractivity contribution in [1.82, 2.24) is 4.31 Å². The first-order valence-electron chi connectivity index (χ1n) is 13.4. The predicted octanol–water partition coefficient (Wildman–Crippen LogP) is 7.98. The lowest BCUT2D eigenvalue weighted by Gasteiger charge is -2.25. The molecule has 0 heterocycles. The fraction of sp³-hybridized carbons (Fsp3) is 0.962. The smallest absolute Gasteiger partial charge is 0.211 e. The van der Waals surface area contributed by atoms with Crippen molar-refractivity contribution >= 4 is 10.0 Å². The van der Waals surface area contributed by atoms with E-state index in [1.54, 1.807) is 4.31 Å². The Morgan fingerprint density at radius 2 is 0.968 bits per heavy atom. The first kappa shape index (κ1) is 30.4. The Bertz CT molecular complexity index is 512. The van der Waals surface area contributed by atoms with E-state index in [2.05, 4.69) is 26.8 Å². The van der Waals surface area contributed by atoms with E-state index in [0.717, 1.165) is 44.9 Å². The lowest BCUT2D eigenvalue weighted by molar-refractivity contribution is 0.379. The number of sulfonamides is 1. The molecule has 0 amide bonds. The number of nitriles is 1. The monoisotopic (exact) mass is 456 g/mol. The van der Waals surface area contributed by atoms with Crippen molar-refractivity contribution in [1.29, 1.82) is 5.26 Å². The second-order valence-corrected chi connectivity index (χ2v) is 11.3. The van der Waals surface area contributed by atoms with E-state index in [-0.39, 0.29) is 0 Å². The minimum absolute atomic E-state index is 0.481. The van der Waals surface area contributed by atoms with Crippen molar-refractivity contribution in [3.05, 3.63) is 0 Å². The van der Waals surface area contributed by atoms with Gasteiger partial charge in [0.1, 0.15) is 0 Å². The Hall–Kier alpha value is -0.600. The van der Waals surface area contributed by atoms with Crippen LogP contribution in [0.25, 0.3) is 0 Å². The summed E-state index contributed by atoms with van der Waals surface area (Å²) in [5.74, 6) is 0. The van der Waals surface area contributed by atoms with Gasteiger partial charge in [-0.1, -0.05) is 124 Å². The Morgan fingerprint density at radius 1 is 0.613 bits per heavy atom. The maximum atomic E-state index is 13.3. The maximum absolute atomic E-state index is 13.3. The fourth-order valence-corrected chi connectivity index (χ4v) is 5.80. The topological polar surface area (TPSA) is 61.2 Å². The Balaban J connectivity index is 4.69. The average molecular weight is 457 g/mol. The molecule has 4 nitrogen and oxygen atoms in total. The quantitative estimate of drug-likeness (QED) is 0.146. The van der Waals surface area contributed by atoms with Crippen LogP contribution in [0, 0.1) is 11.3 Å². The molecule has 1 atom stereocenters. The third-order valence-corrected chi connectivity index (χ3v) is 8.35. The Morgan fingerprint density at radius 3 is 1.35 bits per heavy atom. The third kappa shape index (κ3) is 15.8. The summed E-state index contributed by atoms with van der Waals surface area (Å²) in [7, 11) is -3.53. The SMILES string of the molecule is CCCCCCCCC(C#N)S(=O)(=O)N(CCCCCCCC)CCCCCCCC. The van der Waals surface area contributed by atoms with Crippen molar-refractivity contribution in [2.24, 2.45) is 0 Å². The molecule has 0 radical (unpaired) electrons. The van der Waals surface area contributed by atoms with Gasteiger partial charge in [-0.15, -0.1) is 0 Å². The van der Waals surface area contributed by atoms with Gasteiger partial charge in [-0.05, 0) is 19.3 Å². The van der Waals surface area contributed by atoms with E-state index in [4.69, 9.17) is 0 Å². The van der Waals surface area contributed by atoms with Crippen LogP contribution in [0.1, 0.15) is 143 Å². The molecule has 5 heteroatoms. The van der Waals surface area contributed by atoms with E-state index in [0.29, 0.717) is 19.5 Å². The van der Waals surface area contributed by atoms with Gasteiger partial charge < -0.3 is 0 Å². The fourth-order valence-electron chi connectivity index (χ4n) is 4.07. The van der Waals surface area contributed by atoms with E-state index in [9.17, 15) is 13.7 Å². The highest BCUT2D eigenvalue weighted by Gasteiger charge is 2.31. The average Bonchev–Trinajstić information content (AvgIpc) is 2.76. The number of hydrogen-bond donors (Lipinski definition) is 0. The molecule has 0 saturated carbocycles. The zero-order chi connectivity index (χ0) is 23.2. The minimum atomic E-state index is -3.53. The second-order valence-electron chi connectivity index (χ2n) is 9.15. The maximum Gasteiger partial charge on any atom is 0.230 e. The molecule has 0 rings (SSSR count). The van der Waals surface area contributed by atoms with E-state index in [1.807, 2.05) is 0 Å². The van der Waals surface area contributed by atoms with E-state index < -0.39 is 15.3 Å². The van der Waals surface area contributed by atoms with Crippen LogP contribution < -0.4 is 0 Å². The number of rotatable bonds is 23. The third-order valence-electron chi connectivity index (χ3n) is 6.21. The van der Waals surface area contributed by atoms with Crippen LogP contribution in [-0.2, 0) is 10.0 Å². The van der Waals surface area contributed by atoms with Gasteiger partial charge in [-0.2, -0.15) is 5.26 Å². The van der Waals surface area contributed by atoms with Crippen LogP contribution in [0.5, 0.6) is 0 Å². The molecule has 31 heavy (non-hydrogen) atoms. The molecule has 0 saturated heterocycles. The molecule has 184 valence electrons. The highest BCUT2D eigenvalue weighted by Crippen LogP contribution is 2.19. The van der Waals surface area contributed by atoms with Crippen LogP contribution >= 0.6 is 0 Å². The molecule has 1 unspecified atom stereocenters. The molecule has 0 N–H and O–H groups in total. The summed E-state index contributed by atoms with van der Waals surface area (Å²) < 4.78 is 28.2. The largest absolute Gasteiger partial charge is 0.230 e. The van der Waals surface area contributed by atoms with Gasteiger partial charge in [0.25, 0.3) is 0 Å². The van der Waals surface area contributed by atoms with Crippen molar-refractivity contribution < 1.29 is 8.42 Å². The van der Waals surface area contributed by atoms with Crippen molar-refractivity contribution in [3.63, 3.8) is 0 Å². The molecular weight excluding hydrogens is 404 g/mol. The first-order chi connectivity index (χ1) is 15.0. The molecule has 0 aliphatic heterocycles. The first-order valence-corrected chi connectivity index (χ1v) is 14.9. The van der Waals surface area contributed by atoms with E-state index in [1.165, 1.54) is 70.6 Å². The molecule has 0 aliphatic carbocycles. The molecule has 0 aliphatic rings. The van der Waals surface area contributed by atoms with Crippen LogP contribution in [0.15, 0.2) is 0 Å². The molecule has 0 fully saturated rings. The van der Waals surface area contributed by atoms with Crippen LogP contribution in [0.2, 0.25) is 0 Å². The second kappa shape index (κ2) is 21.3. The Labute approximate surface area is 195 Å². The summed E-state index contributed by atoms with van der Waals surface area (Å²) in [6.07, 6.45) is 20.9. The van der Waals surface area contributed by atoms with Crippen molar-refractivity contribution in [2.75, 3.05) is 13.1 Å². The number of nitrogens with zero attached hydrogens (tertiary/aromatic N) is 2. The van der Waals surface area contributed by atoms with Gasteiger partial charge in [0.05, 0.1) is 6.07 Å². The Kier molecular flexibility index (Phi) is 20.8. The summed E-state index contributed by atoms with van der Waals surface area (Å²) in [6, 6.07) is 2.13. The summed E-state index contributed by atoms with van der Waals surface area (Å²) in [5, 5.41) is 8.76. The standard InChI is InChI=1S/C26H52N2O2S/c1-4-7-10-13-16-19-22-26(25-27)31(29,30)28(23-20-17-14-11-8-5-2)24-21-18-15-12-9-6-3/h26H,4-24H2,1-3H3. The molecule has 0 aromatic rings. The molecular formula is C26H52N2O2S. The van der Waals surface area contributed by atoms with Gasteiger partial charge in [0.2, 0.25) is 10.0 Å². The van der Waals surface area contributed by atoms with E-state index >= 15 is 0 Å². The normalized spacial score (nSPS) is 12.9. The van der Waals surface area contributed by atoms with Crippen molar-refractivity contribution in [2.45, 2.75) is 148 Å². The number of unbranched alkanes of at least 4 members (excludes halogenated alkanes) is 15. The highest BCUT2D eigenvalue weighted by molar-refractivity contribution is 7.90. The summed E-state index contributed by atoms with van der Waals surface area (Å²) in [6.45, 7) is 7.78. The molecule has 0 aromatic carbocycles. The lowest BCUT2D eigenvalue weighted by Crippen LogP contribution is -2.39. The van der Waals surface area contributed by atoms with Crippen LogP contribution in [0.4, 0.5) is 0 Å². The lowest BCUT2D eigenvalue weighted by atomic mass is 10.1. The zero-order valence-electron chi connectivity index (χ0n) is 21.0. The summed E-state index contributed by atoms with van der Waals surface area (Å²) in [5.41, 5.74) is 0. The highest BCUT2D eigenvalue weighted by atomic mass is 32.2. The molecule has 0 aromatic heterocycles. The minimum Gasteiger partial charge on any atom is -0.211 e. The van der Waals surface area contributed by atoms with Gasteiger partial charge >= 0.3 is 0 Å². The van der Waals surface area contributed by atoms with Gasteiger partial charge in [0, 0.05) is 13.1 Å². The van der Waals surface area contributed by atoms with Gasteiger partial charge in [-0.25, -0.2) is 12.7 Å². The van der Waals surface area contributed by atoms with Crippen molar-refractivity contribution in [3.8, 4) is 6.07 Å². The number of hydrogen-bond acceptors (Lipinski definition) is 3.